The molecule has 3 aliphatic rings. The largest absolute Gasteiger partial charge is 0.477 e. The number of hydrogen-bond donors (Lipinski definition) is 3. The molecule has 2 amide bonds. The fourth-order valence-corrected chi connectivity index (χ4v) is 3.93. The molecule has 1 aromatic carbocycles. The lowest BCUT2D eigenvalue weighted by molar-refractivity contribution is -0.161. The van der Waals surface area contributed by atoms with E-state index in [1.165, 1.54) is 4.90 Å². The first kappa shape index (κ1) is 14.9. The van der Waals surface area contributed by atoms with Crippen molar-refractivity contribution in [1.82, 2.24) is 4.90 Å². The van der Waals surface area contributed by atoms with Gasteiger partial charge >= 0.3 is 5.97 Å². The number of β-lactam (4-membered cyclic amide) rings is 1. The Balaban J connectivity index is 1.75. The van der Waals surface area contributed by atoms with E-state index in [0.717, 1.165) is 5.56 Å². The van der Waals surface area contributed by atoms with E-state index in [9.17, 15) is 24.6 Å². The van der Waals surface area contributed by atoms with Crippen molar-refractivity contribution in [1.29, 1.82) is 0 Å². The number of carboxylic acid groups (broad SMARTS) is 1. The van der Waals surface area contributed by atoms with Gasteiger partial charge in [0.2, 0.25) is 11.8 Å². The summed E-state index contributed by atoms with van der Waals surface area (Å²) in [5.74, 6) is -2.16. The molecular weight excluding hydrogens is 312 g/mol. The summed E-state index contributed by atoms with van der Waals surface area (Å²) in [6, 6.07) is 5.03. The number of benzene rings is 1. The number of nitrogens with one attached hydrogen (secondary N) is 1. The van der Waals surface area contributed by atoms with Gasteiger partial charge < -0.3 is 20.4 Å². The van der Waals surface area contributed by atoms with E-state index in [-0.39, 0.29) is 23.6 Å². The number of aliphatic carboxylic acids is 1. The molecule has 1 aromatic rings. The van der Waals surface area contributed by atoms with Crippen molar-refractivity contribution in [3.05, 3.63) is 35.0 Å². The molecule has 1 fully saturated rings. The molecule has 24 heavy (non-hydrogen) atoms. The van der Waals surface area contributed by atoms with Gasteiger partial charge in [-0.25, -0.2) is 4.79 Å². The van der Waals surface area contributed by atoms with Gasteiger partial charge in [0.25, 0.3) is 0 Å². The van der Waals surface area contributed by atoms with Gasteiger partial charge in [-0.1, -0.05) is 12.1 Å². The van der Waals surface area contributed by atoms with Crippen molar-refractivity contribution >= 4 is 29.0 Å². The number of amides is 2. The molecule has 0 aromatic heterocycles. The highest BCUT2D eigenvalue weighted by Gasteiger charge is 2.56. The summed E-state index contributed by atoms with van der Waals surface area (Å²) in [4.78, 5) is 36.7. The van der Waals surface area contributed by atoms with E-state index in [0.29, 0.717) is 29.7 Å². The minimum Gasteiger partial charge on any atom is -0.477 e. The zero-order valence-electron chi connectivity index (χ0n) is 12.9. The van der Waals surface area contributed by atoms with Crippen LogP contribution in [0.3, 0.4) is 0 Å². The number of aliphatic hydroxyl groups excluding tert-OH is 1. The SMILES string of the molecule is C[C@@H](O)[C@H]1C(=O)N2C(C(=O)O)=C(c3ccc4c(c3)NC(=O)C4)C[C@H]12. The van der Waals surface area contributed by atoms with Crippen LogP contribution in [0.1, 0.15) is 24.5 Å². The van der Waals surface area contributed by atoms with Crippen LogP contribution < -0.4 is 5.32 Å². The maximum absolute atomic E-state index is 12.2. The zero-order valence-corrected chi connectivity index (χ0v) is 12.9. The molecule has 1 saturated heterocycles. The molecule has 3 heterocycles. The lowest BCUT2D eigenvalue weighted by Gasteiger charge is -2.44. The smallest absolute Gasteiger partial charge is 0.352 e. The molecule has 0 saturated carbocycles. The molecule has 0 aliphatic carbocycles. The van der Waals surface area contributed by atoms with Crippen LogP contribution in [0.2, 0.25) is 0 Å². The Morgan fingerprint density at radius 2 is 2.12 bits per heavy atom. The first-order chi connectivity index (χ1) is 11.4. The third-order valence-electron chi connectivity index (χ3n) is 5.01. The van der Waals surface area contributed by atoms with Crippen LogP contribution in [-0.2, 0) is 20.8 Å². The fourth-order valence-electron chi connectivity index (χ4n) is 3.93. The molecule has 0 bridgehead atoms. The summed E-state index contributed by atoms with van der Waals surface area (Å²) in [6.45, 7) is 1.54. The molecule has 124 valence electrons. The minimum atomic E-state index is -1.16. The summed E-state index contributed by atoms with van der Waals surface area (Å²) in [5.41, 5.74) is 2.78. The number of rotatable bonds is 3. The van der Waals surface area contributed by atoms with Crippen LogP contribution in [0.25, 0.3) is 5.57 Å². The maximum Gasteiger partial charge on any atom is 0.352 e. The maximum atomic E-state index is 12.2. The Kier molecular flexibility index (Phi) is 3.05. The number of hydrogen-bond acceptors (Lipinski definition) is 4. The Hall–Kier alpha value is -2.67. The van der Waals surface area contributed by atoms with Gasteiger partial charge in [0.1, 0.15) is 5.70 Å². The van der Waals surface area contributed by atoms with Crippen LogP contribution in [0.4, 0.5) is 5.69 Å². The predicted octanol–water partition coefficient (Wildman–Crippen LogP) is 0.588. The number of fused-ring (bicyclic) bond motifs is 2. The Morgan fingerprint density at radius 3 is 2.79 bits per heavy atom. The number of carboxylic acids is 1. The van der Waals surface area contributed by atoms with Gasteiger partial charge in [-0.2, -0.15) is 0 Å². The third kappa shape index (κ3) is 1.91. The first-order valence-electron chi connectivity index (χ1n) is 7.79. The summed E-state index contributed by atoms with van der Waals surface area (Å²) in [5, 5.41) is 22.1. The van der Waals surface area contributed by atoms with Gasteiger partial charge in [0, 0.05) is 5.69 Å². The van der Waals surface area contributed by atoms with Crippen LogP contribution >= 0.6 is 0 Å². The van der Waals surface area contributed by atoms with Gasteiger partial charge in [-0.05, 0) is 36.1 Å². The second-order valence-corrected chi connectivity index (χ2v) is 6.48. The molecule has 7 heteroatoms. The highest BCUT2D eigenvalue weighted by Crippen LogP contribution is 2.47. The van der Waals surface area contributed by atoms with E-state index in [1.54, 1.807) is 25.1 Å². The molecule has 0 spiro atoms. The van der Waals surface area contributed by atoms with Crippen molar-refractivity contribution in [2.24, 2.45) is 5.92 Å². The second kappa shape index (κ2) is 4.91. The molecule has 0 unspecified atom stereocenters. The average molecular weight is 328 g/mol. The lowest BCUT2D eigenvalue weighted by Crippen LogP contribution is -2.61. The minimum absolute atomic E-state index is 0.0221. The van der Waals surface area contributed by atoms with Crippen LogP contribution in [0.15, 0.2) is 23.9 Å². The van der Waals surface area contributed by atoms with E-state index in [2.05, 4.69) is 5.32 Å². The van der Waals surface area contributed by atoms with Crippen molar-refractivity contribution in [3.8, 4) is 0 Å². The average Bonchev–Trinajstić information content (AvgIpc) is 3.02. The normalized spacial score (nSPS) is 26.0. The molecule has 3 N–H and O–H groups in total. The van der Waals surface area contributed by atoms with Crippen molar-refractivity contribution < 1.29 is 24.6 Å². The van der Waals surface area contributed by atoms with E-state index < -0.39 is 18.0 Å². The summed E-state index contributed by atoms with van der Waals surface area (Å²) in [7, 11) is 0. The quantitative estimate of drug-likeness (QED) is 0.704. The highest BCUT2D eigenvalue weighted by molar-refractivity contribution is 6.07. The number of carbonyl (C=O) groups excluding carboxylic acids is 2. The zero-order chi connectivity index (χ0) is 17.2. The number of carbonyl (C=O) groups is 3. The lowest BCUT2D eigenvalue weighted by atomic mass is 9.82. The second-order valence-electron chi connectivity index (χ2n) is 6.48. The number of aliphatic hydroxyl groups is 1. The topological polar surface area (TPSA) is 107 Å². The number of anilines is 1. The van der Waals surface area contributed by atoms with Crippen molar-refractivity contribution in [2.45, 2.75) is 31.9 Å². The predicted molar refractivity (Wildman–Crippen MR) is 83.8 cm³/mol. The van der Waals surface area contributed by atoms with E-state index in [1.807, 2.05) is 0 Å². The van der Waals surface area contributed by atoms with Crippen LogP contribution in [0.5, 0.6) is 0 Å². The molecular formula is C17H16N2O5. The highest BCUT2D eigenvalue weighted by atomic mass is 16.4. The van der Waals surface area contributed by atoms with Crippen LogP contribution in [0, 0.1) is 5.92 Å². The van der Waals surface area contributed by atoms with Gasteiger partial charge in [0.15, 0.2) is 0 Å². The van der Waals surface area contributed by atoms with Gasteiger partial charge in [-0.15, -0.1) is 0 Å². The molecule has 0 radical (unpaired) electrons. The van der Waals surface area contributed by atoms with E-state index in [4.69, 9.17) is 0 Å². The molecule has 7 nitrogen and oxygen atoms in total. The van der Waals surface area contributed by atoms with Crippen molar-refractivity contribution in [2.75, 3.05) is 5.32 Å². The summed E-state index contributed by atoms with van der Waals surface area (Å²) >= 11 is 0. The molecule has 3 aliphatic heterocycles. The van der Waals surface area contributed by atoms with Gasteiger partial charge in [-0.3, -0.25) is 9.59 Å². The standard InChI is InChI=1S/C17H16N2O5/c1-7(20)14-12-6-10(15(17(23)24)19(12)16(14)22)8-2-3-9-5-13(21)18-11(9)4-8/h2-4,7,12,14,20H,5-6H2,1H3,(H,18,21)(H,23,24)/t7-,12-,14-/m1/s1. The fraction of sp³-hybridized carbons (Fsp3) is 0.353. The van der Waals surface area contributed by atoms with E-state index >= 15 is 0 Å². The summed E-state index contributed by atoms with van der Waals surface area (Å²) in [6.07, 6.45) is -0.111. The van der Waals surface area contributed by atoms with Crippen molar-refractivity contribution in [3.63, 3.8) is 0 Å². The monoisotopic (exact) mass is 328 g/mol. The molecule has 3 atom stereocenters. The summed E-state index contributed by atoms with van der Waals surface area (Å²) < 4.78 is 0. The van der Waals surface area contributed by atoms with Crippen LogP contribution in [-0.4, -0.2) is 45.0 Å². The Labute approximate surface area is 137 Å². The Morgan fingerprint density at radius 1 is 1.38 bits per heavy atom. The Bertz CT molecular complexity index is 826. The number of nitrogens with zero attached hydrogens (tertiary/aromatic N) is 1. The third-order valence-corrected chi connectivity index (χ3v) is 5.01. The first-order valence-corrected chi connectivity index (χ1v) is 7.79. The van der Waals surface area contributed by atoms with Gasteiger partial charge in [0.05, 0.1) is 24.5 Å². The molecule has 4 rings (SSSR count).